The molecule has 174 valence electrons. The zero-order valence-electron chi connectivity index (χ0n) is 20.9. The molecule has 0 N–H and O–H groups in total. The molecule has 0 radical (unpaired) electrons. The molecule has 2 fully saturated rings. The maximum atomic E-state index is 2.50. The second-order valence-corrected chi connectivity index (χ2v) is 11.0. The zero-order valence-corrected chi connectivity index (χ0v) is 20.9. The SMILES string of the molecule is CCCCCC1(c2ccccc2-c2ccc(C3(CCC)CCCCC3)cc2)CCCCC1. The number of benzene rings is 2. The van der Waals surface area contributed by atoms with Gasteiger partial charge in [-0.25, -0.2) is 0 Å². The van der Waals surface area contributed by atoms with Gasteiger partial charge in [-0.2, -0.15) is 0 Å². The Bertz CT molecular complexity index is 810. The lowest BCUT2D eigenvalue weighted by Crippen LogP contribution is -2.30. The molecule has 2 aromatic carbocycles. The van der Waals surface area contributed by atoms with Crippen molar-refractivity contribution >= 4 is 0 Å². The van der Waals surface area contributed by atoms with E-state index in [9.17, 15) is 0 Å². The molecule has 4 rings (SSSR count). The highest BCUT2D eigenvalue weighted by Crippen LogP contribution is 2.48. The Morgan fingerprint density at radius 2 is 1.22 bits per heavy atom. The zero-order chi connectivity index (χ0) is 22.3. The monoisotopic (exact) mass is 430 g/mol. The Hall–Kier alpha value is -1.56. The lowest BCUT2D eigenvalue weighted by Gasteiger charge is -2.40. The first-order chi connectivity index (χ1) is 15.7. The van der Waals surface area contributed by atoms with Crippen LogP contribution in [-0.2, 0) is 10.8 Å². The van der Waals surface area contributed by atoms with Crippen molar-refractivity contribution in [2.45, 2.75) is 127 Å². The van der Waals surface area contributed by atoms with Crippen LogP contribution in [0, 0.1) is 0 Å². The summed E-state index contributed by atoms with van der Waals surface area (Å²) in [6.45, 7) is 4.70. The van der Waals surface area contributed by atoms with Gasteiger partial charge in [0.2, 0.25) is 0 Å². The second-order valence-electron chi connectivity index (χ2n) is 11.0. The first-order valence-electron chi connectivity index (χ1n) is 13.9. The number of hydrogen-bond acceptors (Lipinski definition) is 0. The number of hydrogen-bond donors (Lipinski definition) is 0. The van der Waals surface area contributed by atoms with Gasteiger partial charge < -0.3 is 0 Å². The van der Waals surface area contributed by atoms with Crippen LogP contribution in [0.15, 0.2) is 48.5 Å². The third-order valence-electron chi connectivity index (χ3n) is 8.92. The van der Waals surface area contributed by atoms with Crippen LogP contribution in [0.4, 0.5) is 0 Å². The van der Waals surface area contributed by atoms with Crippen LogP contribution in [0.2, 0.25) is 0 Å². The molecule has 0 atom stereocenters. The Balaban J connectivity index is 1.66. The predicted molar refractivity (Wildman–Crippen MR) is 140 cm³/mol. The van der Waals surface area contributed by atoms with Crippen molar-refractivity contribution in [1.29, 1.82) is 0 Å². The molecule has 0 spiro atoms. The fourth-order valence-electron chi connectivity index (χ4n) is 7.19. The maximum Gasteiger partial charge on any atom is -0.00408 e. The van der Waals surface area contributed by atoms with Gasteiger partial charge in [-0.1, -0.05) is 127 Å². The van der Waals surface area contributed by atoms with E-state index in [2.05, 4.69) is 62.4 Å². The molecule has 0 heterocycles. The molecule has 2 aromatic rings. The highest BCUT2D eigenvalue weighted by atomic mass is 14.4. The molecule has 2 aliphatic carbocycles. The molecule has 2 saturated carbocycles. The first-order valence-corrected chi connectivity index (χ1v) is 13.9. The van der Waals surface area contributed by atoms with Crippen LogP contribution in [-0.4, -0.2) is 0 Å². The summed E-state index contributed by atoms with van der Waals surface area (Å²) in [5.74, 6) is 0. The van der Waals surface area contributed by atoms with E-state index >= 15 is 0 Å². The lowest BCUT2D eigenvalue weighted by atomic mass is 9.64. The maximum absolute atomic E-state index is 2.50. The molecule has 0 amide bonds. The highest BCUT2D eigenvalue weighted by Gasteiger charge is 2.36. The van der Waals surface area contributed by atoms with Crippen molar-refractivity contribution in [2.24, 2.45) is 0 Å². The smallest absolute Gasteiger partial charge is 0.00408 e. The molecule has 0 saturated heterocycles. The minimum Gasteiger partial charge on any atom is -0.0654 e. The summed E-state index contributed by atoms with van der Waals surface area (Å²) in [6.07, 6.45) is 22.1. The minimum absolute atomic E-state index is 0.398. The van der Waals surface area contributed by atoms with Crippen LogP contribution in [0.25, 0.3) is 11.1 Å². The van der Waals surface area contributed by atoms with E-state index < -0.39 is 0 Å². The van der Waals surface area contributed by atoms with E-state index in [0.717, 1.165) is 0 Å². The van der Waals surface area contributed by atoms with E-state index in [1.807, 2.05) is 0 Å². The normalized spacial score (nSPS) is 20.2. The Labute approximate surface area is 198 Å². The molecule has 2 aliphatic rings. The first kappa shape index (κ1) is 23.6. The highest BCUT2D eigenvalue weighted by molar-refractivity contribution is 5.69. The fraction of sp³-hybridized carbons (Fsp3) is 0.625. The van der Waals surface area contributed by atoms with E-state index in [-0.39, 0.29) is 0 Å². The van der Waals surface area contributed by atoms with Crippen LogP contribution < -0.4 is 0 Å². The van der Waals surface area contributed by atoms with E-state index in [1.165, 1.54) is 114 Å². The summed E-state index contributed by atoms with van der Waals surface area (Å²) >= 11 is 0. The molecule has 0 heteroatoms. The summed E-state index contributed by atoms with van der Waals surface area (Å²) in [4.78, 5) is 0. The molecule has 32 heavy (non-hydrogen) atoms. The third kappa shape index (κ3) is 5.00. The fourth-order valence-corrected chi connectivity index (χ4v) is 7.19. The average Bonchev–Trinajstić information content (AvgIpc) is 2.86. The van der Waals surface area contributed by atoms with Crippen molar-refractivity contribution in [3.8, 4) is 11.1 Å². The van der Waals surface area contributed by atoms with Crippen molar-refractivity contribution < 1.29 is 0 Å². The molecule has 0 bridgehead atoms. The number of unbranched alkanes of at least 4 members (excludes halogenated alkanes) is 2. The van der Waals surface area contributed by atoms with Gasteiger partial charge in [0.15, 0.2) is 0 Å². The third-order valence-corrected chi connectivity index (χ3v) is 8.92. The Kier molecular flexibility index (Phi) is 8.14. The molecular formula is C32H46. The molecule has 0 nitrogen and oxygen atoms in total. The predicted octanol–water partition coefficient (Wildman–Crippen LogP) is 10.1. The molecule has 0 aliphatic heterocycles. The van der Waals surface area contributed by atoms with Gasteiger partial charge >= 0.3 is 0 Å². The second kappa shape index (κ2) is 11.0. The van der Waals surface area contributed by atoms with Gasteiger partial charge in [0.05, 0.1) is 0 Å². The van der Waals surface area contributed by atoms with Crippen LogP contribution in [0.3, 0.4) is 0 Å². The molecular weight excluding hydrogens is 384 g/mol. The summed E-state index contributed by atoms with van der Waals surface area (Å²) in [7, 11) is 0. The summed E-state index contributed by atoms with van der Waals surface area (Å²) in [6, 6.07) is 19.3. The van der Waals surface area contributed by atoms with Gasteiger partial charge in [-0.05, 0) is 71.6 Å². The minimum atomic E-state index is 0.398. The van der Waals surface area contributed by atoms with E-state index in [0.29, 0.717) is 10.8 Å². The van der Waals surface area contributed by atoms with Crippen LogP contribution >= 0.6 is 0 Å². The quantitative estimate of drug-likeness (QED) is 0.347. The average molecular weight is 431 g/mol. The Morgan fingerprint density at radius 1 is 0.594 bits per heavy atom. The van der Waals surface area contributed by atoms with Crippen LogP contribution in [0.1, 0.15) is 128 Å². The van der Waals surface area contributed by atoms with Gasteiger partial charge in [0, 0.05) is 0 Å². The number of rotatable bonds is 9. The van der Waals surface area contributed by atoms with Crippen molar-refractivity contribution in [3.05, 3.63) is 59.7 Å². The molecule has 0 aromatic heterocycles. The topological polar surface area (TPSA) is 0 Å². The summed E-state index contributed by atoms with van der Waals surface area (Å²) < 4.78 is 0. The summed E-state index contributed by atoms with van der Waals surface area (Å²) in [5, 5.41) is 0. The van der Waals surface area contributed by atoms with Gasteiger partial charge in [0.1, 0.15) is 0 Å². The van der Waals surface area contributed by atoms with Gasteiger partial charge in [-0.3, -0.25) is 0 Å². The lowest BCUT2D eigenvalue weighted by molar-refractivity contribution is 0.266. The van der Waals surface area contributed by atoms with E-state index in [1.54, 1.807) is 11.1 Å². The standard InChI is InChI=1S/C32H46/c1-3-5-10-24-32(25-13-7-14-26-32)30-16-9-8-15-29(30)27-17-19-28(20-18-27)31(21-4-2)22-11-6-12-23-31/h8-9,15-20H,3-7,10-14,21-26H2,1-2H3. The molecule has 0 unspecified atom stereocenters. The van der Waals surface area contributed by atoms with Gasteiger partial charge in [-0.15, -0.1) is 0 Å². The largest absolute Gasteiger partial charge is 0.0654 e. The van der Waals surface area contributed by atoms with Crippen LogP contribution in [0.5, 0.6) is 0 Å². The Morgan fingerprint density at radius 3 is 1.84 bits per heavy atom. The van der Waals surface area contributed by atoms with Crippen molar-refractivity contribution in [2.75, 3.05) is 0 Å². The van der Waals surface area contributed by atoms with Crippen molar-refractivity contribution in [3.63, 3.8) is 0 Å². The summed E-state index contributed by atoms with van der Waals surface area (Å²) in [5.41, 5.74) is 7.03. The van der Waals surface area contributed by atoms with E-state index in [4.69, 9.17) is 0 Å². The van der Waals surface area contributed by atoms with Crippen molar-refractivity contribution in [1.82, 2.24) is 0 Å². The van der Waals surface area contributed by atoms with Gasteiger partial charge in [0.25, 0.3) is 0 Å².